The first-order valence-corrected chi connectivity index (χ1v) is 5.81. The summed E-state index contributed by atoms with van der Waals surface area (Å²) in [5.41, 5.74) is 5.05. The van der Waals surface area contributed by atoms with Gasteiger partial charge in [0.05, 0.1) is 5.56 Å². The van der Waals surface area contributed by atoms with Crippen LogP contribution >= 0.6 is 0 Å². The minimum Gasteiger partial charge on any atom is -0.490 e. The van der Waals surface area contributed by atoms with Crippen molar-refractivity contribution in [2.75, 3.05) is 0 Å². The highest BCUT2D eigenvalue weighted by molar-refractivity contribution is 5.29. The number of rotatable bonds is 2. The second kappa shape index (κ2) is 4.16. The third kappa shape index (κ3) is 2.32. The second-order valence-electron chi connectivity index (χ2n) is 5.29. The lowest BCUT2D eigenvalue weighted by atomic mass is 9.65. The molecule has 2 nitrogen and oxygen atoms in total. The smallest absolute Gasteiger partial charge is 0.416 e. The standard InChI is InChI=1S/C13H16F3NO/c1-12(2)10(17)7-11(12)18-9-5-3-8(4-6-9)13(14,15)16/h3-6,10-11H,7,17H2,1-2H3. The number of halogens is 3. The minimum atomic E-state index is -4.31. The first-order chi connectivity index (χ1) is 8.21. The van der Waals surface area contributed by atoms with Crippen molar-refractivity contribution in [2.45, 2.75) is 38.6 Å². The molecule has 2 N–H and O–H groups in total. The van der Waals surface area contributed by atoms with Gasteiger partial charge in [0.15, 0.2) is 0 Å². The van der Waals surface area contributed by atoms with Gasteiger partial charge in [-0.2, -0.15) is 13.2 Å². The molecule has 18 heavy (non-hydrogen) atoms. The topological polar surface area (TPSA) is 35.2 Å². The molecule has 2 atom stereocenters. The third-order valence-corrected chi connectivity index (χ3v) is 3.71. The highest BCUT2D eigenvalue weighted by Gasteiger charge is 2.47. The quantitative estimate of drug-likeness (QED) is 0.885. The monoisotopic (exact) mass is 259 g/mol. The van der Waals surface area contributed by atoms with Crippen molar-refractivity contribution in [2.24, 2.45) is 11.1 Å². The largest absolute Gasteiger partial charge is 0.490 e. The van der Waals surface area contributed by atoms with Crippen LogP contribution in [0.25, 0.3) is 0 Å². The third-order valence-electron chi connectivity index (χ3n) is 3.71. The number of nitrogens with two attached hydrogens (primary N) is 1. The summed E-state index contributed by atoms with van der Waals surface area (Å²) < 4.78 is 42.8. The fraction of sp³-hybridized carbons (Fsp3) is 0.538. The lowest BCUT2D eigenvalue weighted by Crippen LogP contribution is -2.60. The summed E-state index contributed by atoms with van der Waals surface area (Å²) in [6.45, 7) is 3.99. The molecule has 1 aromatic rings. The van der Waals surface area contributed by atoms with Crippen molar-refractivity contribution in [3.05, 3.63) is 29.8 Å². The van der Waals surface area contributed by atoms with Gasteiger partial charge in [0.25, 0.3) is 0 Å². The minimum absolute atomic E-state index is 0.0377. The number of hydrogen-bond acceptors (Lipinski definition) is 2. The highest BCUT2D eigenvalue weighted by Crippen LogP contribution is 2.42. The van der Waals surface area contributed by atoms with Gasteiger partial charge in [-0.15, -0.1) is 0 Å². The fourth-order valence-corrected chi connectivity index (χ4v) is 2.00. The molecule has 1 aliphatic carbocycles. The number of alkyl halides is 3. The maximum Gasteiger partial charge on any atom is 0.416 e. The molecule has 5 heteroatoms. The molecule has 0 bridgehead atoms. The SMILES string of the molecule is CC1(C)C(N)CC1Oc1ccc(C(F)(F)F)cc1. The molecule has 1 fully saturated rings. The van der Waals surface area contributed by atoms with Crippen LogP contribution in [0.1, 0.15) is 25.8 Å². The van der Waals surface area contributed by atoms with E-state index in [1.54, 1.807) is 0 Å². The Kier molecular flexibility index (Phi) is 3.05. The van der Waals surface area contributed by atoms with Gasteiger partial charge < -0.3 is 10.5 Å². The first-order valence-electron chi connectivity index (χ1n) is 5.81. The molecule has 1 aromatic carbocycles. The van der Waals surface area contributed by atoms with Gasteiger partial charge in [-0.25, -0.2) is 0 Å². The van der Waals surface area contributed by atoms with E-state index in [0.29, 0.717) is 5.75 Å². The fourth-order valence-electron chi connectivity index (χ4n) is 2.00. The molecule has 0 amide bonds. The predicted octanol–water partition coefficient (Wildman–Crippen LogP) is 3.21. The summed E-state index contributed by atoms with van der Waals surface area (Å²) >= 11 is 0. The Hall–Kier alpha value is -1.23. The first kappa shape index (κ1) is 13.2. The number of ether oxygens (including phenoxy) is 1. The maximum absolute atomic E-state index is 12.4. The van der Waals surface area contributed by atoms with E-state index in [2.05, 4.69) is 0 Å². The van der Waals surface area contributed by atoms with E-state index in [1.807, 2.05) is 13.8 Å². The van der Waals surface area contributed by atoms with Crippen molar-refractivity contribution >= 4 is 0 Å². The Labute approximate surface area is 104 Å². The van der Waals surface area contributed by atoms with Crippen LogP contribution in [-0.4, -0.2) is 12.1 Å². The van der Waals surface area contributed by atoms with E-state index in [4.69, 9.17) is 10.5 Å². The molecular formula is C13H16F3NO. The normalized spacial score (nSPS) is 26.6. The zero-order chi connectivity index (χ0) is 13.6. The Morgan fingerprint density at radius 2 is 1.78 bits per heavy atom. The van der Waals surface area contributed by atoms with Gasteiger partial charge in [0, 0.05) is 17.9 Å². The molecule has 0 aliphatic heterocycles. The Morgan fingerprint density at radius 1 is 1.22 bits per heavy atom. The molecule has 2 unspecified atom stereocenters. The molecule has 0 spiro atoms. The molecule has 2 rings (SSSR count). The summed E-state index contributed by atoms with van der Waals surface area (Å²) in [5.74, 6) is 0.452. The summed E-state index contributed by atoms with van der Waals surface area (Å²) in [4.78, 5) is 0. The zero-order valence-electron chi connectivity index (χ0n) is 10.3. The van der Waals surface area contributed by atoms with Gasteiger partial charge in [0.1, 0.15) is 11.9 Å². The van der Waals surface area contributed by atoms with E-state index in [-0.39, 0.29) is 17.6 Å². The molecule has 0 saturated heterocycles. The lowest BCUT2D eigenvalue weighted by Gasteiger charge is -2.49. The van der Waals surface area contributed by atoms with E-state index in [1.165, 1.54) is 12.1 Å². The second-order valence-corrected chi connectivity index (χ2v) is 5.29. The Morgan fingerprint density at radius 3 is 2.17 bits per heavy atom. The van der Waals surface area contributed by atoms with Crippen LogP contribution in [0.3, 0.4) is 0 Å². The number of hydrogen-bond donors (Lipinski definition) is 1. The van der Waals surface area contributed by atoms with Crippen LogP contribution in [0.4, 0.5) is 13.2 Å². The van der Waals surface area contributed by atoms with E-state index in [0.717, 1.165) is 18.6 Å². The summed E-state index contributed by atoms with van der Waals surface area (Å²) in [6, 6.07) is 4.84. The highest BCUT2D eigenvalue weighted by atomic mass is 19.4. The molecule has 0 radical (unpaired) electrons. The van der Waals surface area contributed by atoms with Gasteiger partial charge in [-0.1, -0.05) is 13.8 Å². The molecule has 1 aliphatic rings. The van der Waals surface area contributed by atoms with Crippen molar-refractivity contribution in [3.8, 4) is 5.75 Å². The average molecular weight is 259 g/mol. The predicted molar refractivity (Wildman–Crippen MR) is 62.2 cm³/mol. The van der Waals surface area contributed by atoms with Gasteiger partial charge in [-0.3, -0.25) is 0 Å². The molecular weight excluding hydrogens is 243 g/mol. The Balaban J connectivity index is 2.04. The summed E-state index contributed by atoms with van der Waals surface area (Å²) in [5, 5.41) is 0. The van der Waals surface area contributed by atoms with E-state index >= 15 is 0 Å². The van der Waals surface area contributed by atoms with Gasteiger partial charge in [0.2, 0.25) is 0 Å². The zero-order valence-corrected chi connectivity index (χ0v) is 10.3. The van der Waals surface area contributed by atoms with E-state index < -0.39 is 11.7 Å². The van der Waals surface area contributed by atoms with Crippen LogP contribution in [0.2, 0.25) is 0 Å². The van der Waals surface area contributed by atoms with Crippen LogP contribution in [-0.2, 0) is 6.18 Å². The van der Waals surface area contributed by atoms with E-state index in [9.17, 15) is 13.2 Å². The average Bonchev–Trinajstić information content (AvgIpc) is 2.28. The van der Waals surface area contributed by atoms with Gasteiger partial charge in [-0.05, 0) is 24.3 Å². The van der Waals surface area contributed by atoms with Crippen molar-refractivity contribution in [1.29, 1.82) is 0 Å². The summed E-state index contributed by atoms with van der Waals surface area (Å²) in [6.07, 6.45) is -3.62. The van der Waals surface area contributed by atoms with Crippen LogP contribution in [0.5, 0.6) is 5.75 Å². The Bertz CT molecular complexity index is 425. The lowest BCUT2D eigenvalue weighted by molar-refractivity contribution is -0.137. The van der Waals surface area contributed by atoms with Crippen LogP contribution in [0.15, 0.2) is 24.3 Å². The van der Waals surface area contributed by atoms with Crippen LogP contribution in [0, 0.1) is 5.41 Å². The van der Waals surface area contributed by atoms with Crippen molar-refractivity contribution in [3.63, 3.8) is 0 Å². The van der Waals surface area contributed by atoms with Crippen LogP contribution < -0.4 is 10.5 Å². The maximum atomic E-state index is 12.4. The van der Waals surface area contributed by atoms with Crippen molar-refractivity contribution in [1.82, 2.24) is 0 Å². The molecule has 0 aromatic heterocycles. The molecule has 100 valence electrons. The molecule has 1 saturated carbocycles. The van der Waals surface area contributed by atoms with Crippen molar-refractivity contribution < 1.29 is 17.9 Å². The summed E-state index contributed by atoms with van der Waals surface area (Å²) in [7, 11) is 0. The molecule has 0 heterocycles. The van der Waals surface area contributed by atoms with Gasteiger partial charge >= 0.3 is 6.18 Å². The number of benzene rings is 1.